The number of nitrogens with one attached hydrogen (secondary N) is 1. The van der Waals surface area contributed by atoms with Gasteiger partial charge in [-0.2, -0.15) is 0 Å². The van der Waals surface area contributed by atoms with E-state index in [0.717, 1.165) is 64.4 Å². The number of aromatic hydroxyl groups is 1. The summed E-state index contributed by atoms with van der Waals surface area (Å²) in [7, 11) is 0. The molecule has 28 heavy (non-hydrogen) atoms. The zero-order chi connectivity index (χ0) is 19.2. The van der Waals surface area contributed by atoms with Crippen molar-refractivity contribution in [1.82, 2.24) is 0 Å². The summed E-state index contributed by atoms with van der Waals surface area (Å²) in [6, 6.07) is 5.97. The maximum Gasteiger partial charge on any atom is 0.167 e. The molecule has 0 spiro atoms. The molecule has 0 aromatic heterocycles. The molecule has 2 heterocycles. The van der Waals surface area contributed by atoms with Crippen LogP contribution >= 0.6 is 12.4 Å². The zero-order valence-electron chi connectivity index (χ0n) is 16.7. The lowest BCUT2D eigenvalue weighted by Gasteiger charge is -2.34. The third-order valence-electron chi connectivity index (χ3n) is 5.65. The lowest BCUT2D eigenvalue weighted by Crippen LogP contribution is -2.35. The summed E-state index contributed by atoms with van der Waals surface area (Å²) in [5.74, 6) is 8.76. The highest BCUT2D eigenvalue weighted by molar-refractivity contribution is 5.85. The third kappa shape index (κ3) is 3.47. The molecule has 1 atom stereocenters. The minimum atomic E-state index is -0.548. The fourth-order valence-corrected chi connectivity index (χ4v) is 3.76. The van der Waals surface area contributed by atoms with E-state index in [1.165, 1.54) is 0 Å². The Morgan fingerprint density at radius 3 is 2.71 bits per heavy atom. The predicted molar refractivity (Wildman–Crippen MR) is 114 cm³/mol. The van der Waals surface area contributed by atoms with Gasteiger partial charge >= 0.3 is 0 Å². The highest BCUT2D eigenvalue weighted by Gasteiger charge is 2.33. The number of anilines is 1. The van der Waals surface area contributed by atoms with Crippen molar-refractivity contribution in [2.75, 3.05) is 18.5 Å². The van der Waals surface area contributed by atoms with Crippen LogP contribution < -0.4 is 14.8 Å². The molecule has 0 aliphatic carbocycles. The molecule has 4 nitrogen and oxygen atoms in total. The molecule has 2 N–H and O–H groups in total. The lowest BCUT2D eigenvalue weighted by molar-refractivity contribution is 0.122. The summed E-state index contributed by atoms with van der Waals surface area (Å²) in [6.07, 6.45) is 1.64. The largest absolute Gasteiger partial charge is 0.507 e. The number of fused-ring (bicyclic) bond motifs is 2. The van der Waals surface area contributed by atoms with Gasteiger partial charge in [-0.1, -0.05) is 11.8 Å². The van der Waals surface area contributed by atoms with Crippen molar-refractivity contribution in [3.8, 4) is 29.1 Å². The highest BCUT2D eigenvalue weighted by atomic mass is 35.5. The molecule has 0 saturated heterocycles. The number of rotatable bonds is 0. The molecule has 4 rings (SSSR count). The molecule has 2 aliphatic heterocycles. The first-order valence-electron chi connectivity index (χ1n) is 9.42. The molecule has 0 amide bonds. The number of benzene rings is 2. The molecule has 0 radical (unpaired) electrons. The van der Waals surface area contributed by atoms with Gasteiger partial charge < -0.3 is 19.9 Å². The van der Waals surface area contributed by atoms with Gasteiger partial charge in [0.05, 0.1) is 5.69 Å². The predicted octanol–water partition coefficient (Wildman–Crippen LogP) is 4.68. The number of phenols is 1. The van der Waals surface area contributed by atoms with Crippen LogP contribution in [-0.4, -0.2) is 23.9 Å². The Labute approximate surface area is 172 Å². The van der Waals surface area contributed by atoms with E-state index in [4.69, 9.17) is 9.47 Å². The standard InChI is InChI=1S/C23H25NO3.ClH/c1-14-15(2)22-18(16(3)21(14)25)8-10-23(4,27-22)9-7-17-5-6-20-19(13-17)24-11-12-26-20;/h5-6,13,24-25H,8,10-12H2,1-4H3;1H. The van der Waals surface area contributed by atoms with Crippen molar-refractivity contribution < 1.29 is 14.6 Å². The molecule has 148 valence electrons. The average molecular weight is 400 g/mol. The summed E-state index contributed by atoms with van der Waals surface area (Å²) >= 11 is 0. The first kappa shape index (κ1) is 20.2. The fraction of sp³-hybridized carbons (Fsp3) is 0.391. The summed E-state index contributed by atoms with van der Waals surface area (Å²) in [6.45, 7) is 9.44. The average Bonchev–Trinajstić information content (AvgIpc) is 2.69. The Hall–Kier alpha value is -2.51. The molecular formula is C23H26ClNO3. The zero-order valence-corrected chi connectivity index (χ0v) is 17.5. The third-order valence-corrected chi connectivity index (χ3v) is 5.65. The molecule has 0 bridgehead atoms. The van der Waals surface area contributed by atoms with E-state index in [0.29, 0.717) is 12.4 Å². The van der Waals surface area contributed by atoms with Gasteiger partial charge in [-0.05, 0) is 69.0 Å². The number of hydrogen-bond acceptors (Lipinski definition) is 4. The molecule has 1 unspecified atom stereocenters. The van der Waals surface area contributed by atoms with Crippen LogP contribution in [0.1, 0.15) is 41.2 Å². The van der Waals surface area contributed by atoms with Crippen LogP contribution in [0.15, 0.2) is 18.2 Å². The van der Waals surface area contributed by atoms with Crippen molar-refractivity contribution in [3.05, 3.63) is 46.0 Å². The molecule has 0 fully saturated rings. The Balaban J connectivity index is 0.00000225. The number of hydrogen-bond donors (Lipinski definition) is 2. The van der Waals surface area contributed by atoms with E-state index in [2.05, 4.69) is 17.2 Å². The summed E-state index contributed by atoms with van der Waals surface area (Å²) < 4.78 is 12.0. The van der Waals surface area contributed by atoms with Gasteiger partial charge in [-0.25, -0.2) is 0 Å². The Bertz CT molecular complexity index is 990. The highest BCUT2D eigenvalue weighted by Crippen LogP contribution is 2.43. The van der Waals surface area contributed by atoms with Crippen LogP contribution in [-0.2, 0) is 6.42 Å². The number of halogens is 1. The maximum absolute atomic E-state index is 10.3. The normalized spacial score (nSPS) is 19.4. The molecule has 2 aromatic carbocycles. The second-order valence-electron chi connectivity index (χ2n) is 7.60. The van der Waals surface area contributed by atoms with Crippen LogP contribution in [0.3, 0.4) is 0 Å². The van der Waals surface area contributed by atoms with E-state index in [1.54, 1.807) is 0 Å². The minimum absolute atomic E-state index is 0. The maximum atomic E-state index is 10.3. The van der Waals surface area contributed by atoms with Crippen LogP contribution in [0.4, 0.5) is 5.69 Å². The van der Waals surface area contributed by atoms with Crippen molar-refractivity contribution in [2.24, 2.45) is 0 Å². The first-order chi connectivity index (χ1) is 12.9. The van der Waals surface area contributed by atoms with E-state index in [1.807, 2.05) is 45.9 Å². The lowest BCUT2D eigenvalue weighted by atomic mass is 9.87. The fourth-order valence-electron chi connectivity index (χ4n) is 3.76. The second-order valence-corrected chi connectivity index (χ2v) is 7.60. The van der Waals surface area contributed by atoms with Crippen molar-refractivity contribution in [1.29, 1.82) is 0 Å². The monoisotopic (exact) mass is 399 g/mol. The second kappa shape index (κ2) is 7.48. The van der Waals surface area contributed by atoms with E-state index in [-0.39, 0.29) is 12.4 Å². The summed E-state index contributed by atoms with van der Waals surface area (Å²) in [5, 5.41) is 13.7. The van der Waals surface area contributed by atoms with Crippen LogP contribution in [0.5, 0.6) is 17.2 Å². The van der Waals surface area contributed by atoms with Gasteiger partial charge in [0.1, 0.15) is 23.9 Å². The van der Waals surface area contributed by atoms with Crippen LogP contribution in [0.25, 0.3) is 0 Å². The topological polar surface area (TPSA) is 50.7 Å². The van der Waals surface area contributed by atoms with Crippen molar-refractivity contribution in [3.63, 3.8) is 0 Å². The quantitative estimate of drug-likeness (QED) is 0.631. The first-order valence-corrected chi connectivity index (χ1v) is 9.42. The van der Waals surface area contributed by atoms with E-state index < -0.39 is 5.60 Å². The number of ether oxygens (including phenoxy) is 2. The van der Waals surface area contributed by atoms with E-state index in [9.17, 15) is 5.11 Å². The van der Waals surface area contributed by atoms with Gasteiger partial charge in [0.2, 0.25) is 0 Å². The van der Waals surface area contributed by atoms with Gasteiger partial charge in [0.25, 0.3) is 0 Å². The molecular weight excluding hydrogens is 374 g/mol. The van der Waals surface area contributed by atoms with Gasteiger partial charge in [-0.3, -0.25) is 0 Å². The van der Waals surface area contributed by atoms with E-state index >= 15 is 0 Å². The van der Waals surface area contributed by atoms with Crippen LogP contribution in [0.2, 0.25) is 0 Å². The smallest absolute Gasteiger partial charge is 0.167 e. The molecule has 2 aromatic rings. The van der Waals surface area contributed by atoms with Crippen molar-refractivity contribution in [2.45, 2.75) is 46.1 Å². The minimum Gasteiger partial charge on any atom is -0.507 e. The van der Waals surface area contributed by atoms with Gasteiger partial charge in [0.15, 0.2) is 5.60 Å². The Morgan fingerprint density at radius 2 is 1.93 bits per heavy atom. The Morgan fingerprint density at radius 1 is 1.14 bits per heavy atom. The Kier molecular flexibility index (Phi) is 5.41. The summed E-state index contributed by atoms with van der Waals surface area (Å²) in [4.78, 5) is 0. The summed E-state index contributed by atoms with van der Waals surface area (Å²) in [5.41, 5.74) is 5.28. The SMILES string of the molecule is Cc1c(C)c2c(c(C)c1O)CCC(C)(C#Cc1ccc3c(c1)NCCO3)O2.Cl. The number of phenolic OH excluding ortho intramolecular Hbond substituents is 1. The molecule has 0 saturated carbocycles. The molecule has 2 aliphatic rings. The van der Waals surface area contributed by atoms with Gasteiger partial charge in [-0.15, -0.1) is 12.4 Å². The molecule has 5 heteroatoms. The van der Waals surface area contributed by atoms with Gasteiger partial charge in [0, 0.05) is 24.1 Å². The van der Waals surface area contributed by atoms with Crippen molar-refractivity contribution >= 4 is 18.1 Å². The van der Waals surface area contributed by atoms with Crippen LogP contribution in [0, 0.1) is 32.6 Å².